The molecule has 2 aliphatic carbocycles. The maximum absolute atomic E-state index is 2.63. The lowest BCUT2D eigenvalue weighted by Crippen LogP contribution is -2.32. The van der Waals surface area contributed by atoms with Crippen molar-refractivity contribution in [2.75, 3.05) is 0 Å². The quantitative estimate of drug-likeness (QED) is 0.151. The van der Waals surface area contributed by atoms with Gasteiger partial charge in [0.25, 0.3) is 0 Å². The van der Waals surface area contributed by atoms with Crippen LogP contribution in [0, 0.1) is 58.3 Å². The molecule has 0 saturated heterocycles. The molecule has 2 bridgehead atoms. The Morgan fingerprint density at radius 3 is 1.51 bits per heavy atom. The minimum Gasteiger partial charge on any atom is -0.145 e. The smallest absolute Gasteiger partial charge is 0.0107 e. The Labute approximate surface area is 289 Å². The number of hydrogen-bond donors (Lipinski definition) is 0. The lowest BCUT2D eigenvalue weighted by molar-refractivity contribution is 0.189. The summed E-state index contributed by atoms with van der Waals surface area (Å²) in [6, 6.07) is 37.5. The summed E-state index contributed by atoms with van der Waals surface area (Å²) in [6.07, 6.45) is 2.54. The van der Waals surface area contributed by atoms with Crippen LogP contribution in [-0.2, 0) is 0 Å². The van der Waals surface area contributed by atoms with Gasteiger partial charge in [-0.25, -0.2) is 0 Å². The first-order valence-electron chi connectivity index (χ1n) is 17.1. The van der Waals surface area contributed by atoms with Crippen molar-refractivity contribution in [3.8, 4) is 0 Å². The monoisotopic (exact) mass is 670 g/mol. The molecule has 47 heavy (non-hydrogen) atoms. The predicted octanol–water partition coefficient (Wildman–Crippen LogP) is 10.7. The molecule has 0 spiro atoms. The molecule has 1 aromatic heterocycles. The molecule has 1 heterocycles. The van der Waals surface area contributed by atoms with Gasteiger partial charge in [0.05, 0.1) is 0 Å². The summed E-state index contributed by atoms with van der Waals surface area (Å²) in [7, 11) is -1.47. The van der Waals surface area contributed by atoms with Crippen LogP contribution in [0.2, 0.25) is 0 Å². The van der Waals surface area contributed by atoms with Gasteiger partial charge in [-0.1, -0.05) is 140 Å². The van der Waals surface area contributed by atoms with Crippen LogP contribution in [0.25, 0.3) is 5.57 Å². The van der Waals surface area contributed by atoms with Gasteiger partial charge in [-0.15, -0.1) is 11.3 Å². The third-order valence-corrected chi connectivity index (χ3v) is 17.6. The van der Waals surface area contributed by atoms with E-state index < -0.39 is 15.8 Å². The van der Waals surface area contributed by atoms with E-state index in [1.54, 1.807) is 21.8 Å². The number of aryl methyl sites for hydroxylation is 6. The minimum atomic E-state index is -0.774. The first-order valence-corrected chi connectivity index (χ1v) is 20.6. The molecular formula is C44H48P2S. The number of hydrogen-bond acceptors (Lipinski definition) is 1. The molecule has 1 fully saturated rings. The second-order valence-corrected chi connectivity index (χ2v) is 20.6. The summed E-state index contributed by atoms with van der Waals surface area (Å²) in [5.41, 5.74) is 8.99. The summed E-state index contributed by atoms with van der Waals surface area (Å²) < 4.78 is 0. The van der Waals surface area contributed by atoms with Gasteiger partial charge in [0.15, 0.2) is 0 Å². The average Bonchev–Trinajstić information content (AvgIpc) is 3.49. The van der Waals surface area contributed by atoms with E-state index >= 15 is 0 Å². The van der Waals surface area contributed by atoms with Crippen molar-refractivity contribution in [2.45, 2.75) is 75.2 Å². The van der Waals surface area contributed by atoms with Gasteiger partial charge in [0, 0.05) is 20.6 Å². The van der Waals surface area contributed by atoms with Crippen molar-refractivity contribution in [3.05, 3.63) is 140 Å². The molecule has 2 aliphatic rings. The van der Waals surface area contributed by atoms with E-state index in [9.17, 15) is 0 Å². The SMILES string of the molecule is Cc1cc(C)cc(P(c2cc(C)cc(C)c2)c2c(C)sc(C)c2C2=C(P(c3ccccc3)c3ccccc3)[C@H]3CC[C@]2(C)C3(C)C)c1. The fraction of sp³-hybridized carbons (Fsp3) is 0.318. The van der Waals surface area contributed by atoms with Gasteiger partial charge in [-0.2, -0.15) is 0 Å². The molecule has 3 heteroatoms. The van der Waals surface area contributed by atoms with Crippen LogP contribution in [0.15, 0.2) is 102 Å². The summed E-state index contributed by atoms with van der Waals surface area (Å²) in [5, 5.41) is 9.26. The van der Waals surface area contributed by atoms with Crippen molar-refractivity contribution in [3.63, 3.8) is 0 Å². The fourth-order valence-electron chi connectivity index (χ4n) is 8.94. The Kier molecular flexibility index (Phi) is 8.53. The zero-order valence-corrected chi connectivity index (χ0v) is 32.1. The summed E-state index contributed by atoms with van der Waals surface area (Å²) in [6.45, 7) is 21.7. The molecule has 1 saturated carbocycles. The average molecular weight is 671 g/mol. The van der Waals surface area contributed by atoms with Crippen molar-refractivity contribution in [1.82, 2.24) is 0 Å². The second kappa shape index (κ2) is 12.3. The first kappa shape index (κ1) is 32.7. The van der Waals surface area contributed by atoms with Crippen LogP contribution < -0.4 is 26.5 Å². The van der Waals surface area contributed by atoms with E-state index in [1.165, 1.54) is 66.1 Å². The molecule has 2 atom stereocenters. The Hall–Kier alpha value is -2.82. The second-order valence-electron chi connectivity index (χ2n) is 14.9. The van der Waals surface area contributed by atoms with Crippen LogP contribution >= 0.6 is 27.2 Å². The Morgan fingerprint density at radius 2 is 1.04 bits per heavy atom. The standard InChI is InChI=1S/C44H48P2S/c1-28-22-29(2)25-36(24-28)46(37-26-30(3)23-31(4)27-37)41-33(6)47-32(5)39(41)40-42(38-20-21-44(40,9)43(38,7)8)45(34-16-12-10-13-17-34)35-18-14-11-15-19-35/h10-19,22-27,38H,20-21H2,1-9H3/t38-,44+/m1/s1. The zero-order valence-electron chi connectivity index (χ0n) is 29.5. The number of thiophene rings is 1. The van der Waals surface area contributed by atoms with Crippen LogP contribution in [0.5, 0.6) is 0 Å². The first-order chi connectivity index (χ1) is 22.4. The predicted molar refractivity (Wildman–Crippen MR) is 212 cm³/mol. The minimum absolute atomic E-state index is 0.107. The highest BCUT2D eigenvalue weighted by molar-refractivity contribution is 7.80. The van der Waals surface area contributed by atoms with E-state index in [-0.39, 0.29) is 10.8 Å². The van der Waals surface area contributed by atoms with E-state index in [1.807, 2.05) is 11.3 Å². The highest BCUT2D eigenvalue weighted by atomic mass is 32.1. The zero-order chi connectivity index (χ0) is 33.2. The molecular weight excluding hydrogens is 622 g/mol. The molecule has 0 aliphatic heterocycles. The summed E-state index contributed by atoms with van der Waals surface area (Å²) in [4.78, 5) is 2.98. The third kappa shape index (κ3) is 5.42. The molecule has 0 N–H and O–H groups in total. The summed E-state index contributed by atoms with van der Waals surface area (Å²) >= 11 is 2.04. The molecule has 0 amide bonds. The Balaban J connectivity index is 1.59. The number of allylic oxidation sites excluding steroid dienone is 2. The molecule has 4 aromatic carbocycles. The van der Waals surface area contributed by atoms with Crippen molar-refractivity contribution in [1.29, 1.82) is 0 Å². The molecule has 0 nitrogen and oxygen atoms in total. The third-order valence-electron chi connectivity index (χ3n) is 11.3. The molecule has 0 radical (unpaired) electrons. The largest absolute Gasteiger partial charge is 0.145 e. The lowest BCUT2D eigenvalue weighted by Gasteiger charge is -2.38. The van der Waals surface area contributed by atoms with Gasteiger partial charge in [0.1, 0.15) is 0 Å². The highest BCUT2D eigenvalue weighted by Gasteiger charge is 2.62. The molecule has 7 rings (SSSR count). The van der Waals surface area contributed by atoms with Gasteiger partial charge in [0.2, 0.25) is 0 Å². The highest BCUT2D eigenvalue weighted by Crippen LogP contribution is 2.76. The number of benzene rings is 4. The van der Waals surface area contributed by atoms with Crippen LogP contribution in [-0.4, -0.2) is 0 Å². The van der Waals surface area contributed by atoms with Gasteiger partial charge in [-0.3, -0.25) is 0 Å². The van der Waals surface area contributed by atoms with Crippen molar-refractivity contribution >= 4 is 59.3 Å². The topological polar surface area (TPSA) is 0 Å². The van der Waals surface area contributed by atoms with E-state index in [0.29, 0.717) is 5.92 Å². The fourth-order valence-corrected chi connectivity index (χ4v) is 16.5. The van der Waals surface area contributed by atoms with Gasteiger partial charge in [-0.05, 0) is 119 Å². The number of rotatable bonds is 7. The van der Waals surface area contributed by atoms with Crippen molar-refractivity contribution in [2.24, 2.45) is 16.7 Å². The summed E-state index contributed by atoms with van der Waals surface area (Å²) in [5.74, 6) is 0.565. The van der Waals surface area contributed by atoms with Gasteiger partial charge >= 0.3 is 0 Å². The normalized spacial score (nSPS) is 20.2. The molecule has 0 unspecified atom stereocenters. The van der Waals surface area contributed by atoms with E-state index in [0.717, 1.165) is 0 Å². The Morgan fingerprint density at radius 1 is 0.574 bits per heavy atom. The van der Waals surface area contributed by atoms with Crippen LogP contribution in [0.4, 0.5) is 0 Å². The van der Waals surface area contributed by atoms with E-state index in [2.05, 4.69) is 159 Å². The number of fused-ring (bicyclic) bond motifs is 2. The lowest BCUT2D eigenvalue weighted by atomic mass is 9.66. The van der Waals surface area contributed by atoms with E-state index in [4.69, 9.17) is 0 Å². The van der Waals surface area contributed by atoms with Crippen LogP contribution in [0.3, 0.4) is 0 Å². The van der Waals surface area contributed by atoms with Crippen LogP contribution in [0.1, 0.15) is 71.2 Å². The van der Waals surface area contributed by atoms with Gasteiger partial charge < -0.3 is 0 Å². The maximum atomic E-state index is 2.63. The molecule has 240 valence electrons. The maximum Gasteiger partial charge on any atom is 0.0107 e. The Bertz CT molecular complexity index is 1870. The molecule has 5 aromatic rings. The van der Waals surface area contributed by atoms with Crippen molar-refractivity contribution < 1.29 is 0 Å².